The summed E-state index contributed by atoms with van der Waals surface area (Å²) in [5.41, 5.74) is 1.14. The highest BCUT2D eigenvalue weighted by atomic mass is 16.5. The van der Waals surface area contributed by atoms with Gasteiger partial charge in [0.15, 0.2) is 0 Å². The maximum absolute atomic E-state index is 11.5. The van der Waals surface area contributed by atoms with Crippen LogP contribution in [0.2, 0.25) is 0 Å². The zero-order valence-electron chi connectivity index (χ0n) is 11.6. The zero-order valence-corrected chi connectivity index (χ0v) is 11.6. The SMILES string of the molecule is CCOc1ccc(C(C)NCC(=O)N(C)C)cc1. The Morgan fingerprint density at radius 2 is 1.94 bits per heavy atom. The molecule has 0 bridgehead atoms. The number of nitrogens with zero attached hydrogens (tertiary/aromatic N) is 1. The average Bonchev–Trinajstić information content (AvgIpc) is 2.36. The van der Waals surface area contributed by atoms with Crippen LogP contribution in [0.4, 0.5) is 0 Å². The summed E-state index contributed by atoms with van der Waals surface area (Å²) in [5.74, 6) is 0.950. The van der Waals surface area contributed by atoms with Crippen molar-refractivity contribution in [3.63, 3.8) is 0 Å². The van der Waals surface area contributed by atoms with Gasteiger partial charge in [-0.05, 0) is 31.5 Å². The summed E-state index contributed by atoms with van der Waals surface area (Å²) in [5, 5.41) is 3.20. The Balaban J connectivity index is 2.51. The second-order valence-electron chi connectivity index (χ2n) is 4.39. The van der Waals surface area contributed by atoms with Gasteiger partial charge in [0, 0.05) is 20.1 Å². The van der Waals surface area contributed by atoms with Gasteiger partial charge in [-0.3, -0.25) is 4.79 Å². The Morgan fingerprint density at radius 1 is 1.33 bits per heavy atom. The molecular formula is C14H22N2O2. The van der Waals surface area contributed by atoms with Crippen molar-refractivity contribution in [1.82, 2.24) is 10.2 Å². The Kier molecular flexibility index (Phi) is 5.65. The van der Waals surface area contributed by atoms with Gasteiger partial charge < -0.3 is 15.0 Å². The van der Waals surface area contributed by atoms with Crippen LogP contribution in [-0.4, -0.2) is 38.1 Å². The minimum atomic E-state index is 0.0767. The van der Waals surface area contributed by atoms with Crippen LogP contribution >= 0.6 is 0 Å². The summed E-state index contributed by atoms with van der Waals surface area (Å²) in [4.78, 5) is 13.0. The number of carbonyl (C=O) groups excluding carboxylic acids is 1. The highest BCUT2D eigenvalue weighted by Crippen LogP contribution is 2.17. The minimum absolute atomic E-state index is 0.0767. The van der Waals surface area contributed by atoms with Crippen molar-refractivity contribution in [2.75, 3.05) is 27.2 Å². The summed E-state index contributed by atoms with van der Waals surface area (Å²) in [6.07, 6.45) is 0. The molecule has 4 heteroatoms. The normalized spacial score (nSPS) is 12.0. The lowest BCUT2D eigenvalue weighted by molar-refractivity contribution is -0.127. The number of hydrogen-bond donors (Lipinski definition) is 1. The Morgan fingerprint density at radius 3 is 2.44 bits per heavy atom. The molecule has 1 aromatic rings. The van der Waals surface area contributed by atoms with Crippen LogP contribution in [0.5, 0.6) is 5.75 Å². The lowest BCUT2D eigenvalue weighted by Crippen LogP contribution is -2.34. The van der Waals surface area contributed by atoms with Crippen molar-refractivity contribution in [2.24, 2.45) is 0 Å². The Hall–Kier alpha value is -1.55. The number of benzene rings is 1. The minimum Gasteiger partial charge on any atom is -0.494 e. The van der Waals surface area contributed by atoms with E-state index in [1.165, 1.54) is 0 Å². The second-order valence-corrected chi connectivity index (χ2v) is 4.39. The molecule has 1 atom stereocenters. The summed E-state index contributed by atoms with van der Waals surface area (Å²) >= 11 is 0. The fourth-order valence-corrected chi connectivity index (χ4v) is 1.54. The van der Waals surface area contributed by atoms with E-state index in [2.05, 4.69) is 5.32 Å². The molecule has 18 heavy (non-hydrogen) atoms. The van der Waals surface area contributed by atoms with E-state index in [4.69, 9.17) is 4.74 Å². The summed E-state index contributed by atoms with van der Waals surface area (Å²) < 4.78 is 5.39. The van der Waals surface area contributed by atoms with Gasteiger partial charge in [0.25, 0.3) is 0 Å². The first-order valence-corrected chi connectivity index (χ1v) is 6.21. The molecule has 0 saturated carbocycles. The van der Waals surface area contributed by atoms with Gasteiger partial charge in [0.1, 0.15) is 5.75 Å². The van der Waals surface area contributed by atoms with Gasteiger partial charge in [-0.15, -0.1) is 0 Å². The highest BCUT2D eigenvalue weighted by molar-refractivity contribution is 5.77. The number of hydrogen-bond acceptors (Lipinski definition) is 3. The molecule has 0 heterocycles. The maximum Gasteiger partial charge on any atom is 0.236 e. The molecule has 1 unspecified atom stereocenters. The van der Waals surface area contributed by atoms with E-state index < -0.39 is 0 Å². The third-order valence-corrected chi connectivity index (χ3v) is 2.75. The van der Waals surface area contributed by atoms with E-state index in [0.717, 1.165) is 11.3 Å². The molecule has 0 spiro atoms. The lowest BCUT2D eigenvalue weighted by atomic mass is 10.1. The monoisotopic (exact) mass is 250 g/mol. The molecule has 0 aliphatic rings. The van der Waals surface area contributed by atoms with Crippen LogP contribution in [0.15, 0.2) is 24.3 Å². The second kappa shape index (κ2) is 7.01. The van der Waals surface area contributed by atoms with Crippen LogP contribution in [0.3, 0.4) is 0 Å². The fraction of sp³-hybridized carbons (Fsp3) is 0.500. The molecular weight excluding hydrogens is 228 g/mol. The van der Waals surface area contributed by atoms with Crippen LogP contribution in [0.25, 0.3) is 0 Å². The van der Waals surface area contributed by atoms with Crippen molar-refractivity contribution in [2.45, 2.75) is 19.9 Å². The predicted octanol–water partition coefficient (Wildman–Crippen LogP) is 1.82. The number of ether oxygens (including phenoxy) is 1. The van der Waals surface area contributed by atoms with E-state index >= 15 is 0 Å². The van der Waals surface area contributed by atoms with Gasteiger partial charge in [0.05, 0.1) is 13.2 Å². The number of amides is 1. The number of carbonyl (C=O) groups is 1. The topological polar surface area (TPSA) is 41.6 Å². The van der Waals surface area contributed by atoms with Crippen LogP contribution in [0, 0.1) is 0 Å². The molecule has 0 saturated heterocycles. The number of nitrogens with one attached hydrogen (secondary N) is 1. The third kappa shape index (κ3) is 4.37. The maximum atomic E-state index is 11.5. The molecule has 1 N–H and O–H groups in total. The summed E-state index contributed by atoms with van der Waals surface area (Å²) in [7, 11) is 3.51. The van der Waals surface area contributed by atoms with Gasteiger partial charge in [0.2, 0.25) is 5.91 Å². The first-order chi connectivity index (χ1) is 8.54. The number of likely N-dealkylation sites (N-methyl/N-ethyl adjacent to an activating group) is 1. The molecule has 100 valence electrons. The molecule has 0 radical (unpaired) electrons. The highest BCUT2D eigenvalue weighted by Gasteiger charge is 2.08. The van der Waals surface area contributed by atoms with E-state index in [1.807, 2.05) is 38.1 Å². The molecule has 0 aliphatic heterocycles. The lowest BCUT2D eigenvalue weighted by Gasteiger charge is -2.16. The first-order valence-electron chi connectivity index (χ1n) is 6.21. The number of rotatable bonds is 6. The van der Waals surface area contributed by atoms with E-state index in [-0.39, 0.29) is 11.9 Å². The largest absolute Gasteiger partial charge is 0.494 e. The fourth-order valence-electron chi connectivity index (χ4n) is 1.54. The molecule has 4 nitrogen and oxygen atoms in total. The molecule has 0 fully saturated rings. The average molecular weight is 250 g/mol. The molecule has 1 amide bonds. The van der Waals surface area contributed by atoms with Gasteiger partial charge in [-0.25, -0.2) is 0 Å². The van der Waals surface area contributed by atoms with Gasteiger partial charge in [-0.2, -0.15) is 0 Å². The molecule has 0 aromatic heterocycles. The van der Waals surface area contributed by atoms with E-state index in [9.17, 15) is 4.79 Å². The third-order valence-electron chi connectivity index (χ3n) is 2.75. The standard InChI is InChI=1S/C14H22N2O2/c1-5-18-13-8-6-12(7-9-13)11(2)15-10-14(17)16(3)4/h6-9,11,15H,5,10H2,1-4H3. The molecule has 1 rings (SSSR count). The van der Waals surface area contributed by atoms with Crippen LogP contribution in [0.1, 0.15) is 25.5 Å². The van der Waals surface area contributed by atoms with Crippen molar-refractivity contribution in [1.29, 1.82) is 0 Å². The van der Waals surface area contributed by atoms with Crippen LogP contribution < -0.4 is 10.1 Å². The predicted molar refractivity (Wildman–Crippen MR) is 72.7 cm³/mol. The molecule has 1 aromatic carbocycles. The van der Waals surface area contributed by atoms with Crippen molar-refractivity contribution in [3.05, 3.63) is 29.8 Å². The smallest absolute Gasteiger partial charge is 0.236 e. The Bertz CT molecular complexity index is 374. The zero-order chi connectivity index (χ0) is 13.5. The molecule has 0 aliphatic carbocycles. The summed E-state index contributed by atoms with van der Waals surface area (Å²) in [6, 6.07) is 8.07. The van der Waals surface area contributed by atoms with E-state index in [1.54, 1.807) is 19.0 Å². The quantitative estimate of drug-likeness (QED) is 0.837. The van der Waals surface area contributed by atoms with Crippen molar-refractivity contribution < 1.29 is 9.53 Å². The van der Waals surface area contributed by atoms with Crippen LogP contribution in [-0.2, 0) is 4.79 Å². The Labute approximate surface area is 109 Å². The summed E-state index contributed by atoms with van der Waals surface area (Å²) in [6.45, 7) is 5.02. The van der Waals surface area contributed by atoms with Gasteiger partial charge in [-0.1, -0.05) is 12.1 Å². The first kappa shape index (κ1) is 14.5. The van der Waals surface area contributed by atoms with Gasteiger partial charge >= 0.3 is 0 Å². The van der Waals surface area contributed by atoms with Crippen molar-refractivity contribution in [3.8, 4) is 5.75 Å². The van der Waals surface area contributed by atoms with Crippen molar-refractivity contribution >= 4 is 5.91 Å². The van der Waals surface area contributed by atoms with E-state index in [0.29, 0.717) is 13.2 Å².